The van der Waals surface area contributed by atoms with Gasteiger partial charge in [0.1, 0.15) is 5.82 Å². The molecule has 1 aromatic carbocycles. The average Bonchev–Trinajstić information content (AvgIpc) is 2.57. The Hall–Kier alpha value is -1.36. The third kappa shape index (κ3) is 1.63. The van der Waals surface area contributed by atoms with Crippen LogP contribution in [0.25, 0.3) is 11.3 Å². The lowest BCUT2D eigenvalue weighted by molar-refractivity contribution is 0.591. The molecule has 0 amide bonds. The van der Waals surface area contributed by atoms with Gasteiger partial charge in [-0.2, -0.15) is 0 Å². The van der Waals surface area contributed by atoms with Gasteiger partial charge in [0.2, 0.25) is 0 Å². The van der Waals surface area contributed by atoms with E-state index in [9.17, 15) is 4.39 Å². The summed E-state index contributed by atoms with van der Waals surface area (Å²) in [6.45, 7) is 0. The Morgan fingerprint density at radius 1 is 1.43 bits per heavy atom. The van der Waals surface area contributed by atoms with Gasteiger partial charge in [0.15, 0.2) is 5.76 Å². The molecule has 0 saturated heterocycles. The Bertz CT molecular complexity index is 470. The van der Waals surface area contributed by atoms with E-state index in [1.165, 1.54) is 12.3 Å². The first-order chi connectivity index (χ1) is 6.66. The molecule has 0 atom stereocenters. The second-order valence-corrected chi connectivity index (χ2v) is 3.55. The molecule has 0 aliphatic carbocycles. The van der Waals surface area contributed by atoms with E-state index < -0.39 is 0 Å². The number of oxazole rings is 1. The summed E-state index contributed by atoms with van der Waals surface area (Å²) in [4.78, 5) is 3.72. The first-order valence-corrected chi connectivity index (χ1v) is 4.63. The summed E-state index contributed by atoms with van der Waals surface area (Å²) >= 11 is 3.06. The lowest BCUT2D eigenvalue weighted by atomic mass is 10.2. The molecule has 0 unspecified atom stereocenters. The van der Waals surface area contributed by atoms with Crippen molar-refractivity contribution in [1.29, 1.82) is 0 Å². The van der Waals surface area contributed by atoms with Gasteiger partial charge in [-0.1, -0.05) is 0 Å². The van der Waals surface area contributed by atoms with Gasteiger partial charge >= 0.3 is 0 Å². The highest BCUT2D eigenvalue weighted by molar-refractivity contribution is 9.10. The van der Waals surface area contributed by atoms with Gasteiger partial charge in [-0.05, 0) is 34.1 Å². The molecule has 0 aliphatic rings. The predicted octanol–water partition coefficient (Wildman–Crippen LogP) is 2.83. The van der Waals surface area contributed by atoms with Gasteiger partial charge in [0.05, 0.1) is 10.7 Å². The molecule has 0 aliphatic heterocycles. The van der Waals surface area contributed by atoms with E-state index in [1.54, 1.807) is 12.1 Å². The maximum absolute atomic E-state index is 13.1. The van der Waals surface area contributed by atoms with Crippen molar-refractivity contribution in [2.45, 2.75) is 0 Å². The number of aromatic nitrogens is 1. The zero-order valence-electron chi connectivity index (χ0n) is 7.00. The number of rotatable bonds is 1. The molecule has 14 heavy (non-hydrogen) atoms. The largest absolute Gasteiger partial charge is 0.424 e. The minimum Gasteiger partial charge on any atom is -0.424 e. The minimum absolute atomic E-state index is 0.0725. The third-order valence-corrected chi connectivity index (χ3v) is 2.37. The molecule has 3 nitrogen and oxygen atoms in total. The van der Waals surface area contributed by atoms with Crippen LogP contribution in [0.15, 0.2) is 33.3 Å². The number of benzene rings is 1. The quantitative estimate of drug-likeness (QED) is 0.854. The summed E-state index contributed by atoms with van der Waals surface area (Å²) in [7, 11) is 0. The fourth-order valence-electron chi connectivity index (χ4n) is 1.07. The van der Waals surface area contributed by atoms with Crippen LogP contribution in [0, 0.1) is 5.82 Å². The molecule has 1 heterocycles. The summed E-state index contributed by atoms with van der Waals surface area (Å²) in [5.74, 6) is 0.103. The Morgan fingerprint density at radius 3 is 2.79 bits per heavy atom. The minimum atomic E-state index is -0.350. The third-order valence-electron chi connectivity index (χ3n) is 1.73. The summed E-state index contributed by atoms with van der Waals surface area (Å²) in [6.07, 6.45) is 1.46. The zero-order valence-corrected chi connectivity index (χ0v) is 8.58. The van der Waals surface area contributed by atoms with Crippen molar-refractivity contribution in [2.24, 2.45) is 0 Å². The number of hydrogen-bond acceptors (Lipinski definition) is 3. The van der Waals surface area contributed by atoms with E-state index in [0.29, 0.717) is 15.8 Å². The molecule has 0 radical (unpaired) electrons. The van der Waals surface area contributed by atoms with Gasteiger partial charge in [0, 0.05) is 5.56 Å². The molecule has 72 valence electrons. The van der Waals surface area contributed by atoms with Crippen LogP contribution in [0.3, 0.4) is 0 Å². The maximum Gasteiger partial charge on any atom is 0.292 e. The molecular formula is C9H6BrFN2O. The number of anilines is 1. The Balaban J connectivity index is 2.47. The summed E-state index contributed by atoms with van der Waals surface area (Å²) in [5.41, 5.74) is 5.91. The number of nitrogens with two attached hydrogens (primary N) is 1. The van der Waals surface area contributed by atoms with Crippen molar-refractivity contribution in [2.75, 3.05) is 5.73 Å². The summed E-state index contributed by atoms with van der Waals surface area (Å²) in [5, 5.41) is 0. The highest BCUT2D eigenvalue weighted by atomic mass is 79.9. The molecule has 1 aromatic heterocycles. The zero-order chi connectivity index (χ0) is 10.1. The molecular weight excluding hydrogens is 251 g/mol. The normalized spacial score (nSPS) is 10.4. The van der Waals surface area contributed by atoms with Gasteiger partial charge < -0.3 is 10.2 Å². The molecule has 2 rings (SSSR count). The molecule has 2 aromatic rings. The van der Waals surface area contributed by atoms with E-state index in [0.717, 1.165) is 0 Å². The van der Waals surface area contributed by atoms with Crippen LogP contribution in [0.4, 0.5) is 10.4 Å². The number of nitrogens with zero attached hydrogens (tertiary/aromatic N) is 1. The number of hydrogen-bond donors (Lipinski definition) is 1. The fraction of sp³-hybridized carbons (Fsp3) is 0. The molecule has 0 bridgehead atoms. The van der Waals surface area contributed by atoms with Gasteiger partial charge in [0.25, 0.3) is 6.01 Å². The van der Waals surface area contributed by atoms with Gasteiger partial charge in [-0.25, -0.2) is 9.37 Å². The van der Waals surface area contributed by atoms with Gasteiger partial charge in [-0.3, -0.25) is 0 Å². The second-order valence-electron chi connectivity index (χ2n) is 2.69. The Kier molecular flexibility index (Phi) is 2.25. The second kappa shape index (κ2) is 3.42. The van der Waals surface area contributed by atoms with Gasteiger partial charge in [-0.15, -0.1) is 0 Å². The number of nitrogen functional groups attached to an aromatic ring is 1. The lowest BCUT2D eigenvalue weighted by Gasteiger charge is -1.97. The van der Waals surface area contributed by atoms with E-state index in [-0.39, 0.29) is 11.8 Å². The maximum atomic E-state index is 13.1. The van der Waals surface area contributed by atoms with Crippen LogP contribution in [0.2, 0.25) is 0 Å². The lowest BCUT2D eigenvalue weighted by Crippen LogP contribution is -1.81. The van der Waals surface area contributed by atoms with Crippen LogP contribution in [0.5, 0.6) is 0 Å². The van der Waals surface area contributed by atoms with E-state index in [1.807, 2.05) is 0 Å². The van der Waals surface area contributed by atoms with Crippen LogP contribution in [-0.4, -0.2) is 4.98 Å². The Morgan fingerprint density at radius 2 is 2.21 bits per heavy atom. The average molecular weight is 257 g/mol. The first-order valence-electron chi connectivity index (χ1n) is 3.83. The molecule has 0 saturated carbocycles. The van der Waals surface area contributed by atoms with E-state index >= 15 is 0 Å². The van der Waals surface area contributed by atoms with Crippen LogP contribution in [-0.2, 0) is 0 Å². The molecule has 2 N–H and O–H groups in total. The van der Waals surface area contributed by atoms with E-state index in [2.05, 4.69) is 20.9 Å². The van der Waals surface area contributed by atoms with Crippen molar-refractivity contribution in [3.8, 4) is 11.3 Å². The standard InChI is InChI=1S/C9H6BrFN2O/c10-6-2-1-5(3-7(6)11)8-4-13-9(12)14-8/h1-4H,(H2,12,13). The monoisotopic (exact) mass is 256 g/mol. The smallest absolute Gasteiger partial charge is 0.292 e. The number of halogens is 2. The van der Waals surface area contributed by atoms with Crippen LogP contribution in [0.1, 0.15) is 0 Å². The topological polar surface area (TPSA) is 52.0 Å². The van der Waals surface area contributed by atoms with E-state index in [4.69, 9.17) is 10.2 Å². The Labute approximate surface area is 87.9 Å². The van der Waals surface area contributed by atoms with Crippen molar-refractivity contribution in [3.63, 3.8) is 0 Å². The van der Waals surface area contributed by atoms with Crippen molar-refractivity contribution in [3.05, 3.63) is 34.7 Å². The van der Waals surface area contributed by atoms with Crippen molar-refractivity contribution >= 4 is 21.9 Å². The molecule has 0 spiro atoms. The van der Waals surface area contributed by atoms with Crippen LogP contribution < -0.4 is 5.73 Å². The SMILES string of the molecule is Nc1ncc(-c2ccc(Br)c(F)c2)o1. The highest BCUT2D eigenvalue weighted by Crippen LogP contribution is 2.25. The first kappa shape index (κ1) is 9.21. The summed E-state index contributed by atoms with van der Waals surface area (Å²) < 4.78 is 18.6. The predicted molar refractivity (Wildman–Crippen MR) is 54.0 cm³/mol. The van der Waals surface area contributed by atoms with Crippen molar-refractivity contribution < 1.29 is 8.81 Å². The fourth-order valence-corrected chi connectivity index (χ4v) is 1.32. The molecule has 0 fully saturated rings. The molecule has 5 heteroatoms. The van der Waals surface area contributed by atoms with Crippen molar-refractivity contribution in [1.82, 2.24) is 4.98 Å². The van der Waals surface area contributed by atoms with Crippen LogP contribution >= 0.6 is 15.9 Å². The summed E-state index contributed by atoms with van der Waals surface area (Å²) in [6, 6.07) is 4.74. The highest BCUT2D eigenvalue weighted by Gasteiger charge is 2.06.